The minimum absolute atomic E-state index is 0.0705. The molecule has 0 unspecified atom stereocenters. The SMILES string of the molecule is CC1=CN([C@@H](C)c2ccccc2)C23c4c5c6c7c8c9c(c%10c%11c2c2c4c4c%12c5c5c6c6c8c8c%13c9c9c%10c%10c%11c%11c2c2c4c4c%12c%12c5c5c6c8c6c8c%13c9c9c%10c%10c%11c2c2c4c4c%12c5c6c5c8c9c%10c2c45)C73O1. The van der Waals surface area contributed by atoms with E-state index in [0.29, 0.717) is 0 Å². The number of ether oxygens (including phenoxy) is 1. The first-order valence-corrected chi connectivity index (χ1v) is 27.2. The van der Waals surface area contributed by atoms with Gasteiger partial charge in [-0.25, -0.2) is 0 Å². The quantitative estimate of drug-likeness (QED) is 0.160. The molecular weight excluding hydrogens is 883 g/mol. The van der Waals surface area contributed by atoms with E-state index in [1.807, 2.05) is 0 Å². The van der Waals surface area contributed by atoms with Crippen LogP contribution in [0.4, 0.5) is 0 Å². The highest BCUT2D eigenvalue weighted by Crippen LogP contribution is 2.85. The molecule has 29 aromatic carbocycles. The lowest BCUT2D eigenvalue weighted by Crippen LogP contribution is -2.63. The Bertz CT molecular complexity index is 7340. The molecule has 2 nitrogen and oxygen atoms in total. The van der Waals surface area contributed by atoms with Gasteiger partial charge in [0.15, 0.2) is 5.60 Å². The van der Waals surface area contributed by atoms with Crippen LogP contribution in [0.1, 0.15) is 47.7 Å². The Morgan fingerprint density at radius 1 is 0.288 bits per heavy atom. The van der Waals surface area contributed by atoms with Crippen LogP contribution in [-0.2, 0) is 15.9 Å². The van der Waals surface area contributed by atoms with Crippen LogP contribution in [0.2, 0.25) is 0 Å². The van der Waals surface area contributed by atoms with Crippen molar-refractivity contribution < 1.29 is 4.74 Å². The summed E-state index contributed by atoms with van der Waals surface area (Å²) in [6.45, 7) is 4.87. The smallest absolute Gasteiger partial charge is 0.193 e. The van der Waals surface area contributed by atoms with Crippen molar-refractivity contribution in [1.29, 1.82) is 0 Å². The molecule has 0 saturated carbocycles. The molecule has 0 radical (unpaired) electrons. The van der Waals surface area contributed by atoms with Crippen LogP contribution in [-0.4, -0.2) is 4.90 Å². The van der Waals surface area contributed by atoms with Gasteiger partial charge in [0.05, 0.1) is 6.04 Å². The molecule has 0 bridgehead atoms. The largest absolute Gasteiger partial charge is 0.478 e. The molecule has 0 saturated heterocycles. The molecule has 308 valence electrons. The summed E-state index contributed by atoms with van der Waals surface area (Å²) in [6.07, 6.45) is 2.54. The van der Waals surface area contributed by atoms with Crippen molar-refractivity contribution in [2.45, 2.75) is 31.0 Å². The lowest BCUT2D eigenvalue weighted by Gasteiger charge is -2.61. The minimum Gasteiger partial charge on any atom is -0.478 e. The van der Waals surface area contributed by atoms with Crippen LogP contribution in [0.3, 0.4) is 0 Å². The fourth-order valence-corrected chi connectivity index (χ4v) is 25.6. The molecule has 1 aliphatic heterocycles. The molecule has 1 heterocycles. The number of rotatable bonds is 2. The maximum Gasteiger partial charge on any atom is 0.193 e. The lowest BCUT2D eigenvalue weighted by molar-refractivity contribution is -0.109. The van der Waals surface area contributed by atoms with Crippen molar-refractivity contribution in [2.75, 3.05) is 0 Å². The first-order valence-electron chi connectivity index (χ1n) is 27.2. The monoisotopic (exact) mass is 895 g/mol. The predicted molar refractivity (Wildman–Crippen MR) is 305 cm³/mol. The molecule has 0 N–H and O–H groups in total. The molecule has 2 spiro atoms. The highest BCUT2D eigenvalue weighted by Gasteiger charge is 2.75. The highest BCUT2D eigenvalue weighted by molar-refractivity contribution is 6.82. The normalized spacial score (nSPS) is 22.6. The molecule has 0 amide bonds. The van der Waals surface area contributed by atoms with Crippen LogP contribution in [0.5, 0.6) is 0 Å². The maximum absolute atomic E-state index is 8.61. The Hall–Kier alpha value is -8.98. The Morgan fingerprint density at radius 2 is 0.493 bits per heavy atom. The average molecular weight is 896 g/mol. The average Bonchev–Trinajstić information content (AvgIpc) is 4.23. The molecule has 2 heteroatoms. The van der Waals surface area contributed by atoms with Gasteiger partial charge in [0.2, 0.25) is 0 Å². The Morgan fingerprint density at radius 3 is 0.726 bits per heavy atom. The zero-order valence-electron chi connectivity index (χ0n) is 37.9. The summed E-state index contributed by atoms with van der Waals surface area (Å²) < 4.78 is 8.61. The fourth-order valence-electron chi connectivity index (χ4n) is 25.6. The van der Waals surface area contributed by atoms with Crippen LogP contribution >= 0.6 is 0 Å². The molecule has 5 aliphatic rings. The predicted octanol–water partition coefficient (Wildman–Crippen LogP) is 19.2. The van der Waals surface area contributed by atoms with Crippen molar-refractivity contribution in [3.05, 3.63) is 70.1 Å². The molecule has 1 atom stereocenters. The minimum atomic E-state index is -0.805. The van der Waals surface area contributed by atoms with Crippen LogP contribution in [0.15, 0.2) is 42.3 Å². The first kappa shape index (κ1) is 27.6. The van der Waals surface area contributed by atoms with Crippen molar-refractivity contribution in [3.8, 4) is 0 Å². The third-order valence-corrected chi connectivity index (χ3v) is 25.9. The molecule has 73 heavy (non-hydrogen) atoms. The summed E-state index contributed by atoms with van der Waals surface area (Å²) in [6, 6.07) is 11.7. The highest BCUT2D eigenvalue weighted by atomic mass is 16.5. The van der Waals surface area contributed by atoms with Gasteiger partial charge >= 0.3 is 0 Å². The molecule has 29 aromatic rings. The number of allylic oxidation sites excluding steroid dienone is 1. The van der Waals surface area contributed by atoms with Gasteiger partial charge in [-0.15, -0.1) is 0 Å². The Balaban J connectivity index is 1.15. The van der Waals surface area contributed by atoms with E-state index < -0.39 is 11.1 Å². The third kappa shape index (κ3) is 1.50. The summed E-state index contributed by atoms with van der Waals surface area (Å²) in [7, 11) is 0. The summed E-state index contributed by atoms with van der Waals surface area (Å²) in [5.74, 6) is 1.05. The van der Waals surface area contributed by atoms with Crippen molar-refractivity contribution in [3.63, 3.8) is 0 Å². The molecule has 0 fully saturated rings. The zero-order valence-corrected chi connectivity index (χ0v) is 37.9. The van der Waals surface area contributed by atoms with E-state index >= 15 is 0 Å². The van der Waals surface area contributed by atoms with Crippen molar-refractivity contribution in [1.82, 2.24) is 4.90 Å². The number of benzene rings is 19. The van der Waals surface area contributed by atoms with E-state index in [-0.39, 0.29) is 6.04 Å². The van der Waals surface area contributed by atoms with Crippen molar-refractivity contribution in [2.24, 2.45) is 0 Å². The van der Waals surface area contributed by atoms with E-state index in [2.05, 4.69) is 55.3 Å². The zero-order chi connectivity index (χ0) is 43.7. The third-order valence-electron chi connectivity index (χ3n) is 25.9. The molecule has 0 aromatic heterocycles. The van der Waals surface area contributed by atoms with Crippen LogP contribution < -0.4 is 0 Å². The van der Waals surface area contributed by atoms with Gasteiger partial charge in [0.25, 0.3) is 0 Å². The topological polar surface area (TPSA) is 12.5 Å². The van der Waals surface area contributed by atoms with E-state index in [1.165, 1.54) is 5.56 Å². The summed E-state index contributed by atoms with van der Waals surface area (Å²) >= 11 is 0. The van der Waals surface area contributed by atoms with Gasteiger partial charge in [0.1, 0.15) is 11.3 Å². The summed E-state index contributed by atoms with van der Waals surface area (Å²) in [5.41, 5.74) is 6.21. The van der Waals surface area contributed by atoms with E-state index in [0.717, 1.165) is 5.76 Å². The first-order chi connectivity index (χ1) is 36.2. The van der Waals surface area contributed by atoms with Crippen molar-refractivity contribution >= 4 is 291 Å². The van der Waals surface area contributed by atoms with E-state index in [4.69, 9.17) is 4.74 Å². The summed E-state index contributed by atoms with van der Waals surface area (Å²) in [5, 5.41) is 87.4. The van der Waals surface area contributed by atoms with E-state index in [9.17, 15) is 0 Å². The van der Waals surface area contributed by atoms with Gasteiger partial charge in [-0.05, 0) is 310 Å². The molecule has 34 rings (SSSR count). The van der Waals surface area contributed by atoms with Gasteiger partial charge < -0.3 is 9.64 Å². The van der Waals surface area contributed by atoms with Crippen LogP contribution in [0, 0.1) is 0 Å². The van der Waals surface area contributed by atoms with Gasteiger partial charge in [-0.1, -0.05) is 30.3 Å². The Kier molecular flexibility index (Phi) is 2.38. The maximum atomic E-state index is 8.61. The number of nitrogens with zero attached hydrogens (tertiary/aromatic N) is 1. The van der Waals surface area contributed by atoms with E-state index in [1.54, 1.807) is 313 Å². The summed E-state index contributed by atoms with van der Waals surface area (Å²) in [4.78, 5) is 2.98. The van der Waals surface area contributed by atoms with Crippen LogP contribution in [0.25, 0.3) is 291 Å². The van der Waals surface area contributed by atoms with Gasteiger partial charge in [0, 0.05) is 28.5 Å². The lowest BCUT2D eigenvalue weighted by atomic mass is 9.57. The molecule has 4 aliphatic carbocycles. The van der Waals surface area contributed by atoms with Gasteiger partial charge in [-0.3, -0.25) is 0 Å². The number of hydrogen-bond donors (Lipinski definition) is 0. The fraction of sp³-hybridized carbons (Fsp3) is 0.0704. The second-order valence-electron chi connectivity index (χ2n) is 26.5. The number of hydrogen-bond acceptors (Lipinski definition) is 2. The Labute approximate surface area is 399 Å². The second kappa shape index (κ2) is 6.31. The second-order valence-corrected chi connectivity index (χ2v) is 26.5. The van der Waals surface area contributed by atoms with Gasteiger partial charge in [-0.2, -0.15) is 0 Å². The standard InChI is InChI=1S/C71H13NO/c1-9-8-72(10(2)11-6-4-3-5-7-11)70-66-58-50-40-30-22-14-12-13-16-20-18(14)26-34-28(20)38-32-24(16)25-17(13)21-19-15(12)23(22)31-37-27(19)35-29(21)39-33(25)43-42(32)54-48(38)56-46(34)52(44(50)36(26)30)60(66)62(56)68-64(54)65-55(43)49(39)57-47(35)53-45(37)51(41(31)40)59(58)67(70)61(53)63(57)69(65)71(68,70)73-9/h3-8,10H,1-2H3/t10-,70?,71?/m0/s1. The molecular formula is C71H13NO.